The van der Waals surface area contributed by atoms with Crippen molar-refractivity contribution < 1.29 is 14.3 Å². The van der Waals surface area contributed by atoms with Crippen molar-refractivity contribution in [2.45, 2.75) is 6.92 Å². The molecule has 1 fully saturated rings. The largest absolute Gasteiger partial charge is 0.489 e. The maximum Gasteiger partial charge on any atom is 0.410 e. The quantitative estimate of drug-likeness (QED) is 0.806. The SMILES string of the molecule is Cc1cc(Br)c(OCCN2CCOC2=O)c(Br)c1. The number of cyclic esters (lactones) is 1. The van der Waals surface area contributed by atoms with Gasteiger partial charge in [-0.3, -0.25) is 0 Å². The fourth-order valence-electron chi connectivity index (χ4n) is 1.71. The highest BCUT2D eigenvalue weighted by Crippen LogP contribution is 2.34. The summed E-state index contributed by atoms with van der Waals surface area (Å²) >= 11 is 6.93. The van der Waals surface area contributed by atoms with Gasteiger partial charge in [-0.2, -0.15) is 0 Å². The maximum atomic E-state index is 11.2. The monoisotopic (exact) mass is 377 g/mol. The van der Waals surface area contributed by atoms with Gasteiger partial charge >= 0.3 is 6.09 Å². The number of rotatable bonds is 4. The Morgan fingerprint density at radius 2 is 2.06 bits per heavy atom. The zero-order valence-electron chi connectivity index (χ0n) is 9.91. The second-order valence-electron chi connectivity index (χ2n) is 4.01. The first kappa shape index (κ1) is 13.7. The van der Waals surface area contributed by atoms with Gasteiger partial charge in [-0.25, -0.2) is 4.79 Å². The predicted octanol–water partition coefficient (Wildman–Crippen LogP) is 3.35. The Morgan fingerprint density at radius 1 is 1.39 bits per heavy atom. The molecule has 0 N–H and O–H groups in total. The van der Waals surface area contributed by atoms with Crippen LogP contribution in [0.25, 0.3) is 0 Å². The van der Waals surface area contributed by atoms with E-state index in [1.54, 1.807) is 4.90 Å². The van der Waals surface area contributed by atoms with Crippen molar-refractivity contribution in [2.75, 3.05) is 26.3 Å². The van der Waals surface area contributed by atoms with E-state index in [0.29, 0.717) is 26.3 Å². The van der Waals surface area contributed by atoms with Crippen molar-refractivity contribution in [3.8, 4) is 5.75 Å². The zero-order valence-corrected chi connectivity index (χ0v) is 13.1. The Labute approximate surface area is 122 Å². The molecule has 0 unspecified atom stereocenters. The maximum absolute atomic E-state index is 11.2. The second kappa shape index (κ2) is 5.93. The summed E-state index contributed by atoms with van der Waals surface area (Å²) in [7, 11) is 0. The van der Waals surface area contributed by atoms with Crippen LogP contribution in [0.4, 0.5) is 4.79 Å². The first-order valence-electron chi connectivity index (χ1n) is 5.58. The lowest BCUT2D eigenvalue weighted by molar-refractivity contribution is 0.153. The van der Waals surface area contributed by atoms with Gasteiger partial charge in [-0.15, -0.1) is 0 Å². The van der Waals surface area contributed by atoms with Crippen LogP contribution in [0.15, 0.2) is 21.1 Å². The zero-order chi connectivity index (χ0) is 13.1. The molecule has 0 radical (unpaired) electrons. The Balaban J connectivity index is 1.92. The molecule has 1 amide bonds. The molecule has 0 spiro atoms. The number of aryl methyl sites for hydroxylation is 1. The number of hydrogen-bond acceptors (Lipinski definition) is 3. The standard InChI is InChI=1S/C12H13Br2NO3/c1-8-6-9(13)11(10(14)7-8)17-4-2-15-3-5-18-12(15)16/h6-7H,2-5H2,1H3. The summed E-state index contributed by atoms with van der Waals surface area (Å²) < 4.78 is 12.3. The van der Waals surface area contributed by atoms with Crippen LogP contribution in [0.1, 0.15) is 5.56 Å². The molecule has 0 aliphatic carbocycles. The molecule has 1 saturated heterocycles. The van der Waals surface area contributed by atoms with Gasteiger partial charge in [0.05, 0.1) is 22.0 Å². The summed E-state index contributed by atoms with van der Waals surface area (Å²) in [6.45, 7) is 4.09. The fourth-order valence-corrected chi connectivity index (χ4v) is 3.36. The Bertz CT molecular complexity index is 442. The molecule has 6 heteroatoms. The van der Waals surface area contributed by atoms with Crippen LogP contribution in [0.5, 0.6) is 5.75 Å². The van der Waals surface area contributed by atoms with Gasteiger partial charge in [0.1, 0.15) is 19.0 Å². The number of carbonyl (C=O) groups is 1. The lowest BCUT2D eigenvalue weighted by Gasteiger charge is -2.15. The van der Waals surface area contributed by atoms with E-state index in [4.69, 9.17) is 9.47 Å². The van der Waals surface area contributed by atoms with Gasteiger partial charge in [-0.1, -0.05) is 0 Å². The van der Waals surface area contributed by atoms with Crippen molar-refractivity contribution in [3.05, 3.63) is 26.6 Å². The van der Waals surface area contributed by atoms with E-state index in [0.717, 1.165) is 20.3 Å². The molecule has 1 aromatic carbocycles. The number of ether oxygens (including phenoxy) is 2. The number of benzene rings is 1. The highest BCUT2D eigenvalue weighted by atomic mass is 79.9. The van der Waals surface area contributed by atoms with Crippen LogP contribution in [0, 0.1) is 6.92 Å². The third-order valence-corrected chi connectivity index (χ3v) is 3.77. The van der Waals surface area contributed by atoms with Gasteiger partial charge < -0.3 is 14.4 Å². The lowest BCUT2D eigenvalue weighted by atomic mass is 10.2. The molecule has 0 saturated carbocycles. The molecule has 0 atom stereocenters. The van der Waals surface area contributed by atoms with Crippen LogP contribution in [0.3, 0.4) is 0 Å². The van der Waals surface area contributed by atoms with E-state index in [1.165, 1.54) is 0 Å². The molecule has 1 aliphatic rings. The molecule has 1 aromatic rings. The third kappa shape index (κ3) is 3.17. The number of hydrogen-bond donors (Lipinski definition) is 0. The molecular formula is C12H13Br2NO3. The second-order valence-corrected chi connectivity index (χ2v) is 5.72. The third-order valence-electron chi connectivity index (χ3n) is 2.60. The first-order valence-corrected chi connectivity index (χ1v) is 7.16. The van der Waals surface area contributed by atoms with Crippen molar-refractivity contribution >= 4 is 38.0 Å². The van der Waals surface area contributed by atoms with Crippen molar-refractivity contribution in [1.29, 1.82) is 0 Å². The Kier molecular flexibility index (Phi) is 4.50. The molecule has 0 aromatic heterocycles. The molecule has 1 aliphatic heterocycles. The number of nitrogens with zero attached hydrogens (tertiary/aromatic N) is 1. The van der Waals surface area contributed by atoms with E-state index >= 15 is 0 Å². The molecular weight excluding hydrogens is 366 g/mol. The highest BCUT2D eigenvalue weighted by Gasteiger charge is 2.21. The molecule has 18 heavy (non-hydrogen) atoms. The number of amides is 1. The number of halogens is 2. The van der Waals surface area contributed by atoms with Gasteiger partial charge in [0.25, 0.3) is 0 Å². The molecule has 0 bridgehead atoms. The van der Waals surface area contributed by atoms with Crippen LogP contribution in [0.2, 0.25) is 0 Å². The minimum Gasteiger partial charge on any atom is -0.489 e. The fraction of sp³-hybridized carbons (Fsp3) is 0.417. The van der Waals surface area contributed by atoms with E-state index in [-0.39, 0.29) is 6.09 Å². The molecule has 4 nitrogen and oxygen atoms in total. The van der Waals surface area contributed by atoms with E-state index in [2.05, 4.69) is 31.9 Å². The summed E-state index contributed by atoms with van der Waals surface area (Å²) in [5, 5.41) is 0. The lowest BCUT2D eigenvalue weighted by Crippen LogP contribution is -2.29. The average Bonchev–Trinajstić information content (AvgIpc) is 2.68. The topological polar surface area (TPSA) is 38.8 Å². The smallest absolute Gasteiger partial charge is 0.410 e. The van der Waals surface area contributed by atoms with Crippen molar-refractivity contribution in [2.24, 2.45) is 0 Å². The average molecular weight is 379 g/mol. The van der Waals surface area contributed by atoms with Gasteiger partial charge in [0.15, 0.2) is 0 Å². The predicted molar refractivity (Wildman–Crippen MR) is 75.0 cm³/mol. The molecule has 2 rings (SSSR count). The van der Waals surface area contributed by atoms with Gasteiger partial charge in [0.2, 0.25) is 0 Å². The van der Waals surface area contributed by atoms with E-state index in [1.807, 2.05) is 19.1 Å². The van der Waals surface area contributed by atoms with Crippen molar-refractivity contribution in [3.63, 3.8) is 0 Å². The summed E-state index contributed by atoms with van der Waals surface area (Å²) in [6.07, 6.45) is -0.263. The van der Waals surface area contributed by atoms with Gasteiger partial charge in [0, 0.05) is 0 Å². The minimum absolute atomic E-state index is 0.263. The summed E-state index contributed by atoms with van der Waals surface area (Å²) in [6, 6.07) is 3.98. The van der Waals surface area contributed by atoms with E-state index < -0.39 is 0 Å². The highest BCUT2D eigenvalue weighted by molar-refractivity contribution is 9.11. The normalized spacial score (nSPS) is 14.8. The first-order chi connectivity index (χ1) is 8.58. The van der Waals surface area contributed by atoms with Crippen LogP contribution in [-0.4, -0.2) is 37.3 Å². The minimum atomic E-state index is -0.263. The van der Waals surface area contributed by atoms with Crippen LogP contribution in [-0.2, 0) is 4.74 Å². The number of carbonyl (C=O) groups excluding carboxylic acids is 1. The molecule has 98 valence electrons. The summed E-state index contributed by atoms with van der Waals surface area (Å²) in [5.74, 6) is 0.758. The summed E-state index contributed by atoms with van der Waals surface area (Å²) in [5.41, 5.74) is 1.14. The Morgan fingerprint density at radius 3 is 2.61 bits per heavy atom. The Hall–Kier alpha value is -0.750. The molecule has 1 heterocycles. The van der Waals surface area contributed by atoms with Gasteiger partial charge in [-0.05, 0) is 56.5 Å². The summed E-state index contributed by atoms with van der Waals surface area (Å²) in [4.78, 5) is 12.9. The van der Waals surface area contributed by atoms with Crippen molar-refractivity contribution in [1.82, 2.24) is 4.90 Å². The van der Waals surface area contributed by atoms with E-state index in [9.17, 15) is 4.79 Å². The van der Waals surface area contributed by atoms with Crippen LogP contribution < -0.4 is 4.74 Å². The van der Waals surface area contributed by atoms with Crippen LogP contribution >= 0.6 is 31.9 Å².